The maximum absolute atomic E-state index is 12.4. The number of hydrogen-bond acceptors (Lipinski definition) is 5. The van der Waals surface area contributed by atoms with E-state index < -0.39 is 0 Å². The van der Waals surface area contributed by atoms with Crippen LogP contribution < -0.4 is 5.32 Å². The van der Waals surface area contributed by atoms with Crippen LogP contribution in [0.15, 0.2) is 33.2 Å². The van der Waals surface area contributed by atoms with Gasteiger partial charge in [-0.3, -0.25) is 4.79 Å². The van der Waals surface area contributed by atoms with Gasteiger partial charge in [-0.05, 0) is 44.0 Å². The summed E-state index contributed by atoms with van der Waals surface area (Å²) in [5, 5.41) is 14.9. The molecule has 1 N–H and O–H groups in total. The lowest BCUT2D eigenvalue weighted by molar-refractivity contribution is -0.113. The van der Waals surface area contributed by atoms with E-state index >= 15 is 0 Å². The lowest BCUT2D eigenvalue weighted by atomic mass is 10.1. The van der Waals surface area contributed by atoms with E-state index in [2.05, 4.69) is 62.2 Å². The van der Waals surface area contributed by atoms with Crippen LogP contribution in [0.4, 0.5) is 5.69 Å². The van der Waals surface area contributed by atoms with Crippen molar-refractivity contribution in [3.05, 3.63) is 43.5 Å². The number of aryl methyl sites for hydroxylation is 1. The number of amides is 1. The molecule has 0 unspecified atom stereocenters. The van der Waals surface area contributed by atoms with E-state index in [1.54, 1.807) is 23.5 Å². The maximum Gasteiger partial charge on any atom is 0.234 e. The fraction of sp³-hybridized carbons (Fsp3) is 0.316. The van der Waals surface area contributed by atoms with Crippen molar-refractivity contribution in [2.24, 2.45) is 0 Å². The fourth-order valence-corrected chi connectivity index (χ4v) is 5.01. The molecule has 2 aromatic heterocycles. The summed E-state index contributed by atoms with van der Waals surface area (Å²) >= 11 is 12.6. The van der Waals surface area contributed by atoms with Gasteiger partial charge in [0.05, 0.1) is 16.5 Å². The first-order valence-electron chi connectivity index (χ1n) is 8.76. The Morgan fingerprint density at radius 2 is 2.14 bits per heavy atom. The van der Waals surface area contributed by atoms with Crippen molar-refractivity contribution in [1.29, 1.82) is 0 Å². The summed E-state index contributed by atoms with van der Waals surface area (Å²) in [6, 6.07) is 5.36. The van der Waals surface area contributed by atoms with E-state index in [-0.39, 0.29) is 11.7 Å². The Hall–Kier alpha value is -1.35. The van der Waals surface area contributed by atoms with E-state index in [9.17, 15) is 4.79 Å². The molecule has 9 heteroatoms. The predicted molar refractivity (Wildman–Crippen MR) is 122 cm³/mol. The first-order chi connectivity index (χ1) is 13.4. The molecule has 0 saturated carbocycles. The molecule has 1 aromatic carbocycles. The molecule has 1 amide bonds. The lowest BCUT2D eigenvalue weighted by Crippen LogP contribution is -2.15. The molecule has 148 valence electrons. The van der Waals surface area contributed by atoms with Crippen molar-refractivity contribution in [3.8, 4) is 11.4 Å². The number of hydrogen-bond donors (Lipinski definition) is 1. The molecule has 5 nitrogen and oxygen atoms in total. The molecule has 0 atom stereocenters. The second kappa shape index (κ2) is 9.43. The smallest absolute Gasteiger partial charge is 0.234 e. The normalized spacial score (nSPS) is 11.0. The highest BCUT2D eigenvalue weighted by molar-refractivity contribution is 9.10. The zero-order valence-electron chi connectivity index (χ0n) is 15.8. The average molecular weight is 500 g/mol. The molecule has 3 aromatic rings. The minimum Gasteiger partial charge on any atom is -0.324 e. The fourth-order valence-electron chi connectivity index (χ4n) is 2.66. The van der Waals surface area contributed by atoms with Gasteiger partial charge in [0.2, 0.25) is 5.91 Å². The van der Waals surface area contributed by atoms with Gasteiger partial charge < -0.3 is 9.88 Å². The van der Waals surface area contributed by atoms with Crippen molar-refractivity contribution in [3.63, 3.8) is 0 Å². The first kappa shape index (κ1) is 21.4. The Labute approximate surface area is 186 Å². The Kier molecular flexibility index (Phi) is 7.20. The number of aromatic nitrogens is 3. The number of halogens is 2. The van der Waals surface area contributed by atoms with Gasteiger partial charge in [-0.15, -0.1) is 21.5 Å². The van der Waals surface area contributed by atoms with Crippen molar-refractivity contribution < 1.29 is 4.79 Å². The Morgan fingerprint density at radius 3 is 2.79 bits per heavy atom. The number of anilines is 1. The van der Waals surface area contributed by atoms with E-state index in [0.717, 1.165) is 34.0 Å². The molecule has 0 saturated heterocycles. The third kappa shape index (κ3) is 4.79. The second-order valence-electron chi connectivity index (χ2n) is 6.25. The molecule has 0 spiro atoms. The molecular weight excluding hydrogens is 480 g/mol. The molecule has 0 fully saturated rings. The van der Waals surface area contributed by atoms with Crippen molar-refractivity contribution in [2.75, 3.05) is 11.1 Å². The molecule has 2 heterocycles. The summed E-state index contributed by atoms with van der Waals surface area (Å²) in [7, 11) is 0. The van der Waals surface area contributed by atoms with E-state index in [4.69, 9.17) is 11.6 Å². The van der Waals surface area contributed by atoms with E-state index in [1.807, 2.05) is 6.07 Å². The van der Waals surface area contributed by atoms with Crippen LogP contribution in [0.2, 0.25) is 5.02 Å². The molecule has 28 heavy (non-hydrogen) atoms. The van der Waals surface area contributed by atoms with Gasteiger partial charge in [0.1, 0.15) is 0 Å². The van der Waals surface area contributed by atoms with Gasteiger partial charge in [0.15, 0.2) is 11.0 Å². The average Bonchev–Trinajstić information content (AvgIpc) is 3.19. The van der Waals surface area contributed by atoms with E-state index in [0.29, 0.717) is 10.7 Å². The summed E-state index contributed by atoms with van der Waals surface area (Å²) in [6.45, 7) is 7.14. The minimum atomic E-state index is -0.135. The van der Waals surface area contributed by atoms with Crippen LogP contribution in [0.5, 0.6) is 0 Å². The zero-order valence-corrected chi connectivity index (χ0v) is 19.7. The van der Waals surface area contributed by atoms with Crippen molar-refractivity contribution in [2.45, 2.75) is 38.9 Å². The maximum atomic E-state index is 12.4. The third-order valence-corrected chi connectivity index (χ3v) is 7.01. The van der Waals surface area contributed by atoms with Gasteiger partial charge in [0, 0.05) is 26.8 Å². The van der Waals surface area contributed by atoms with Crippen LogP contribution in [0.1, 0.15) is 23.8 Å². The Bertz CT molecular complexity index is 1000. The molecule has 0 bridgehead atoms. The molecule has 0 aliphatic rings. The molecule has 0 radical (unpaired) electrons. The summed E-state index contributed by atoms with van der Waals surface area (Å²) in [4.78, 5) is 13.6. The van der Waals surface area contributed by atoms with Crippen LogP contribution in [-0.2, 0) is 11.3 Å². The second-order valence-corrected chi connectivity index (χ2v) is 9.60. The standard InChI is InChI=1S/C19H20BrClN4OS2/c1-4-7-25-18(14-9-27-12(3)11(14)2)23-24-19(25)28-10-17(26)22-16-6-5-13(20)8-15(16)21/h5-6,8-9H,4,7,10H2,1-3H3,(H,22,26). The number of benzene rings is 1. The summed E-state index contributed by atoms with van der Waals surface area (Å²) < 4.78 is 2.96. The number of carbonyl (C=O) groups is 1. The van der Waals surface area contributed by atoms with Crippen LogP contribution in [0.25, 0.3) is 11.4 Å². The molecule has 3 rings (SSSR count). The van der Waals surface area contributed by atoms with Crippen LogP contribution in [0.3, 0.4) is 0 Å². The highest BCUT2D eigenvalue weighted by atomic mass is 79.9. The number of nitrogens with zero attached hydrogens (tertiary/aromatic N) is 3. The number of thiophene rings is 1. The van der Waals surface area contributed by atoms with Gasteiger partial charge in [0.25, 0.3) is 0 Å². The van der Waals surface area contributed by atoms with Gasteiger partial charge in [-0.2, -0.15) is 0 Å². The van der Waals surface area contributed by atoms with E-state index in [1.165, 1.54) is 22.2 Å². The summed E-state index contributed by atoms with van der Waals surface area (Å²) in [5.74, 6) is 0.961. The van der Waals surface area contributed by atoms with Gasteiger partial charge in [-0.1, -0.05) is 46.2 Å². The predicted octanol–water partition coefficient (Wildman–Crippen LogP) is 6.18. The van der Waals surface area contributed by atoms with Gasteiger partial charge >= 0.3 is 0 Å². The van der Waals surface area contributed by atoms with Crippen molar-refractivity contribution >= 4 is 62.2 Å². The Balaban J connectivity index is 1.73. The van der Waals surface area contributed by atoms with Crippen LogP contribution >= 0.6 is 50.6 Å². The summed E-state index contributed by atoms with van der Waals surface area (Å²) in [6.07, 6.45) is 0.960. The SMILES string of the molecule is CCCn1c(SCC(=O)Nc2ccc(Br)cc2Cl)nnc1-c1csc(C)c1C. The number of rotatable bonds is 7. The number of thioether (sulfide) groups is 1. The molecule has 0 aliphatic heterocycles. The zero-order chi connectivity index (χ0) is 20.3. The first-order valence-corrected chi connectivity index (χ1v) is 11.8. The largest absolute Gasteiger partial charge is 0.324 e. The highest BCUT2D eigenvalue weighted by Crippen LogP contribution is 2.32. The quantitative estimate of drug-likeness (QED) is 0.394. The Morgan fingerprint density at radius 1 is 1.36 bits per heavy atom. The highest BCUT2D eigenvalue weighted by Gasteiger charge is 2.18. The third-order valence-electron chi connectivity index (χ3n) is 4.23. The van der Waals surface area contributed by atoms with Crippen LogP contribution in [-0.4, -0.2) is 26.4 Å². The molecular formula is C19H20BrClN4OS2. The van der Waals surface area contributed by atoms with Crippen molar-refractivity contribution in [1.82, 2.24) is 14.8 Å². The summed E-state index contributed by atoms with van der Waals surface area (Å²) in [5.41, 5.74) is 2.94. The number of carbonyl (C=O) groups excluding carboxylic acids is 1. The minimum absolute atomic E-state index is 0.135. The number of nitrogens with one attached hydrogen (secondary N) is 1. The monoisotopic (exact) mass is 498 g/mol. The topological polar surface area (TPSA) is 59.8 Å². The molecule has 0 aliphatic carbocycles. The van der Waals surface area contributed by atoms with Crippen LogP contribution in [0, 0.1) is 13.8 Å². The van der Waals surface area contributed by atoms with Gasteiger partial charge in [-0.25, -0.2) is 0 Å². The lowest BCUT2D eigenvalue weighted by Gasteiger charge is -2.10.